The van der Waals surface area contributed by atoms with E-state index in [4.69, 9.17) is 4.42 Å². The molecule has 1 atom stereocenters. The molecule has 0 fully saturated rings. The van der Waals surface area contributed by atoms with E-state index in [0.717, 1.165) is 0 Å². The van der Waals surface area contributed by atoms with Crippen LogP contribution in [0.5, 0.6) is 0 Å². The number of aliphatic hydroxyl groups is 1. The Hall–Kier alpha value is -1.34. The van der Waals surface area contributed by atoms with Crippen molar-refractivity contribution in [2.45, 2.75) is 25.8 Å². The maximum absolute atomic E-state index is 12.4. The molecule has 0 aliphatic rings. The Bertz CT molecular complexity index is 455. The minimum Gasteiger partial charge on any atom is -0.469 e. The predicted octanol–water partition coefficient (Wildman–Crippen LogP) is 1.82. The highest BCUT2D eigenvalue weighted by Gasteiger charge is 2.26. The summed E-state index contributed by atoms with van der Waals surface area (Å²) in [5.41, 5.74) is 0. The lowest BCUT2D eigenvalue weighted by Gasteiger charge is -2.28. The topological polar surface area (TPSA) is 80.0 Å². The number of ether oxygens (including phenoxy) is 1. The van der Waals surface area contributed by atoms with Crippen molar-refractivity contribution in [1.29, 1.82) is 0 Å². The number of methoxy groups -OCH3 is 1. The van der Waals surface area contributed by atoms with Crippen molar-refractivity contribution >= 4 is 27.8 Å². The zero-order chi connectivity index (χ0) is 15.1. The minimum absolute atomic E-state index is 0.0701. The summed E-state index contributed by atoms with van der Waals surface area (Å²) in [7, 11) is 1.29. The van der Waals surface area contributed by atoms with E-state index < -0.39 is 5.97 Å². The molecular formula is C13H18BrNO5. The van der Waals surface area contributed by atoms with Crippen molar-refractivity contribution in [3.05, 3.63) is 22.6 Å². The van der Waals surface area contributed by atoms with Crippen molar-refractivity contribution in [2.24, 2.45) is 0 Å². The molecule has 20 heavy (non-hydrogen) atoms. The minimum atomic E-state index is -0.406. The number of hydrogen-bond acceptors (Lipinski definition) is 5. The van der Waals surface area contributed by atoms with Crippen LogP contribution in [0.1, 0.15) is 30.3 Å². The van der Waals surface area contributed by atoms with Crippen LogP contribution in [0.25, 0.3) is 0 Å². The molecule has 1 heterocycles. The number of nitrogens with zero attached hydrogens (tertiary/aromatic N) is 1. The molecule has 6 nitrogen and oxygen atoms in total. The molecule has 112 valence electrons. The third-order valence-electron chi connectivity index (χ3n) is 2.95. The maximum Gasteiger partial charge on any atom is 0.307 e. The van der Waals surface area contributed by atoms with E-state index in [1.807, 2.05) is 6.92 Å². The van der Waals surface area contributed by atoms with E-state index >= 15 is 0 Å². The largest absolute Gasteiger partial charge is 0.469 e. The van der Waals surface area contributed by atoms with Crippen molar-refractivity contribution < 1.29 is 23.8 Å². The predicted molar refractivity (Wildman–Crippen MR) is 75.2 cm³/mol. The molecular weight excluding hydrogens is 330 g/mol. The van der Waals surface area contributed by atoms with Crippen molar-refractivity contribution in [2.75, 3.05) is 20.3 Å². The first-order valence-electron chi connectivity index (χ1n) is 6.27. The van der Waals surface area contributed by atoms with Crippen molar-refractivity contribution in [3.63, 3.8) is 0 Å². The smallest absolute Gasteiger partial charge is 0.307 e. The van der Waals surface area contributed by atoms with Crippen molar-refractivity contribution in [3.8, 4) is 0 Å². The number of halogens is 1. The SMILES string of the molecule is CCC(CO)N(CCC(=O)OC)C(=O)c1ccc(Br)o1. The van der Waals surface area contributed by atoms with Crippen molar-refractivity contribution in [1.82, 2.24) is 4.90 Å². The highest BCUT2D eigenvalue weighted by atomic mass is 79.9. The van der Waals surface area contributed by atoms with E-state index in [-0.39, 0.29) is 37.3 Å². The second-order valence-electron chi connectivity index (χ2n) is 4.17. The molecule has 0 aliphatic carbocycles. The summed E-state index contributed by atoms with van der Waals surface area (Å²) in [5, 5.41) is 9.37. The zero-order valence-electron chi connectivity index (χ0n) is 11.5. The van der Waals surface area contributed by atoms with E-state index in [9.17, 15) is 14.7 Å². The summed E-state index contributed by atoms with van der Waals surface area (Å²) >= 11 is 3.13. The van der Waals surface area contributed by atoms with Gasteiger partial charge in [-0.1, -0.05) is 6.92 Å². The number of hydrogen-bond donors (Lipinski definition) is 1. The molecule has 1 aromatic heterocycles. The molecule has 0 bridgehead atoms. The van der Waals surface area contributed by atoms with Crippen LogP contribution in [0.4, 0.5) is 0 Å². The Morgan fingerprint density at radius 1 is 1.50 bits per heavy atom. The molecule has 0 saturated carbocycles. The van der Waals surface area contributed by atoms with Gasteiger partial charge in [-0.25, -0.2) is 0 Å². The maximum atomic E-state index is 12.4. The Balaban J connectivity index is 2.85. The van der Waals surface area contributed by atoms with Crippen LogP contribution in [-0.2, 0) is 9.53 Å². The van der Waals surface area contributed by atoms with Gasteiger partial charge in [-0.2, -0.15) is 0 Å². The van der Waals surface area contributed by atoms with Crippen LogP contribution in [0.3, 0.4) is 0 Å². The van der Waals surface area contributed by atoms with Crippen LogP contribution in [0.2, 0.25) is 0 Å². The third-order valence-corrected chi connectivity index (χ3v) is 3.38. The number of aliphatic hydroxyl groups excluding tert-OH is 1. The van der Waals surface area contributed by atoms with E-state index in [1.54, 1.807) is 12.1 Å². The van der Waals surface area contributed by atoms with Crippen LogP contribution in [0.15, 0.2) is 21.2 Å². The van der Waals surface area contributed by atoms with Gasteiger partial charge < -0.3 is 19.2 Å². The lowest BCUT2D eigenvalue weighted by atomic mass is 10.1. The molecule has 0 radical (unpaired) electrons. The molecule has 0 spiro atoms. The first-order chi connectivity index (χ1) is 9.53. The third kappa shape index (κ3) is 4.35. The number of carbonyl (C=O) groups excluding carboxylic acids is 2. The Morgan fingerprint density at radius 2 is 2.20 bits per heavy atom. The summed E-state index contributed by atoms with van der Waals surface area (Å²) < 4.78 is 10.2. The second-order valence-corrected chi connectivity index (χ2v) is 4.95. The number of amides is 1. The van der Waals surface area contributed by atoms with E-state index in [0.29, 0.717) is 11.1 Å². The van der Waals surface area contributed by atoms with Gasteiger partial charge in [-0.3, -0.25) is 9.59 Å². The number of esters is 1. The Kier molecular flexibility index (Phi) is 6.74. The number of carbonyl (C=O) groups is 2. The van der Waals surface area contributed by atoms with Gasteiger partial charge >= 0.3 is 5.97 Å². The molecule has 1 unspecified atom stereocenters. The van der Waals surface area contributed by atoms with Gasteiger partial charge in [0.15, 0.2) is 10.4 Å². The summed E-state index contributed by atoms with van der Waals surface area (Å²) in [5.74, 6) is -0.606. The number of furan rings is 1. The molecule has 1 amide bonds. The lowest BCUT2D eigenvalue weighted by molar-refractivity contribution is -0.140. The van der Waals surface area contributed by atoms with E-state index in [2.05, 4.69) is 20.7 Å². The Morgan fingerprint density at radius 3 is 2.65 bits per heavy atom. The molecule has 0 aliphatic heterocycles. The molecule has 1 rings (SSSR count). The van der Waals surface area contributed by atoms with Crippen LogP contribution in [0, 0.1) is 0 Å². The quantitative estimate of drug-likeness (QED) is 0.761. The fraction of sp³-hybridized carbons (Fsp3) is 0.538. The first kappa shape index (κ1) is 16.7. The van der Waals surface area contributed by atoms with Gasteiger partial charge in [-0.15, -0.1) is 0 Å². The van der Waals surface area contributed by atoms with Gasteiger partial charge in [0, 0.05) is 6.54 Å². The van der Waals surface area contributed by atoms with Crippen LogP contribution in [-0.4, -0.2) is 48.2 Å². The van der Waals surface area contributed by atoms with Gasteiger partial charge in [0.1, 0.15) is 0 Å². The summed E-state index contributed by atoms with van der Waals surface area (Å²) in [6.07, 6.45) is 0.645. The summed E-state index contributed by atoms with van der Waals surface area (Å²) in [6.45, 7) is 1.85. The monoisotopic (exact) mass is 347 g/mol. The summed E-state index contributed by atoms with van der Waals surface area (Å²) in [6, 6.07) is 2.80. The van der Waals surface area contributed by atoms with E-state index in [1.165, 1.54) is 12.0 Å². The Labute approximate surface area is 125 Å². The average molecular weight is 348 g/mol. The first-order valence-corrected chi connectivity index (χ1v) is 7.06. The van der Waals surface area contributed by atoms with Gasteiger partial charge in [-0.05, 0) is 34.5 Å². The van der Waals surface area contributed by atoms with Gasteiger partial charge in [0.2, 0.25) is 0 Å². The molecule has 1 N–H and O–H groups in total. The highest BCUT2D eigenvalue weighted by molar-refractivity contribution is 9.10. The van der Waals surface area contributed by atoms with Crippen LogP contribution >= 0.6 is 15.9 Å². The fourth-order valence-electron chi connectivity index (χ4n) is 1.78. The number of rotatable bonds is 7. The molecule has 0 saturated heterocycles. The molecule has 1 aromatic rings. The van der Waals surface area contributed by atoms with Gasteiger partial charge in [0.25, 0.3) is 5.91 Å². The lowest BCUT2D eigenvalue weighted by Crippen LogP contribution is -2.43. The van der Waals surface area contributed by atoms with Crippen LogP contribution < -0.4 is 0 Å². The highest BCUT2D eigenvalue weighted by Crippen LogP contribution is 2.18. The van der Waals surface area contributed by atoms with Gasteiger partial charge in [0.05, 0.1) is 26.2 Å². The average Bonchev–Trinajstić information content (AvgIpc) is 2.89. The molecule has 7 heteroatoms. The summed E-state index contributed by atoms with van der Waals surface area (Å²) in [4.78, 5) is 25.0. The normalized spacial score (nSPS) is 12.0. The standard InChI is InChI=1S/C13H18BrNO5/c1-3-9(8-16)15(7-6-12(17)19-2)13(18)10-4-5-11(14)20-10/h4-5,9,16H,3,6-8H2,1-2H3. The second kappa shape index (κ2) is 8.06. The fourth-order valence-corrected chi connectivity index (χ4v) is 2.09. The molecule has 0 aromatic carbocycles. The zero-order valence-corrected chi connectivity index (χ0v) is 13.1.